The van der Waals surface area contributed by atoms with E-state index in [-0.39, 0.29) is 6.10 Å². The van der Waals surface area contributed by atoms with Crippen LogP contribution < -0.4 is 0 Å². The third kappa shape index (κ3) is 1.46. The Morgan fingerprint density at radius 2 is 2.50 bits per heavy atom. The minimum atomic E-state index is -0.267. The Labute approximate surface area is 56.8 Å². The van der Waals surface area contributed by atoms with Crippen molar-refractivity contribution in [2.24, 2.45) is 0 Å². The summed E-state index contributed by atoms with van der Waals surface area (Å²) in [5.41, 5.74) is 0. The second kappa shape index (κ2) is 2.46. The minimum Gasteiger partial charge on any atom is -0.389 e. The van der Waals surface area contributed by atoms with Crippen molar-refractivity contribution in [3.8, 4) is 0 Å². The first-order chi connectivity index (χ1) is 3.79. The van der Waals surface area contributed by atoms with Crippen LogP contribution in [-0.2, 0) is 0 Å². The molecule has 1 rings (SSSR count). The minimum absolute atomic E-state index is 0.267. The Kier molecular flexibility index (Phi) is 1.86. The summed E-state index contributed by atoms with van der Waals surface area (Å²) in [6.45, 7) is 0. The second-order valence-electron chi connectivity index (χ2n) is 1.75. The predicted molar refractivity (Wildman–Crippen MR) is 36.8 cm³/mol. The van der Waals surface area contributed by atoms with Gasteiger partial charge in [0.1, 0.15) is 0 Å². The number of halogens is 1. The SMILES string of the molecule is O[C@@H]1C=CC(Br)=CC1. The van der Waals surface area contributed by atoms with Crippen molar-refractivity contribution in [2.45, 2.75) is 12.5 Å². The first-order valence-electron chi connectivity index (χ1n) is 2.51. The van der Waals surface area contributed by atoms with Gasteiger partial charge in [0.25, 0.3) is 0 Å². The Hall–Kier alpha value is -0.0800. The number of rotatable bonds is 0. The number of aliphatic hydroxyl groups excluding tert-OH is 1. The lowest BCUT2D eigenvalue weighted by Gasteiger charge is -2.04. The first-order valence-corrected chi connectivity index (χ1v) is 3.30. The van der Waals surface area contributed by atoms with Gasteiger partial charge in [-0.15, -0.1) is 0 Å². The van der Waals surface area contributed by atoms with Crippen LogP contribution in [0.15, 0.2) is 22.7 Å². The average molecular weight is 175 g/mol. The van der Waals surface area contributed by atoms with E-state index in [1.807, 2.05) is 12.2 Å². The maximum absolute atomic E-state index is 8.87. The molecule has 0 amide bonds. The fourth-order valence-corrected chi connectivity index (χ4v) is 0.922. The third-order valence-electron chi connectivity index (χ3n) is 1.03. The summed E-state index contributed by atoms with van der Waals surface area (Å²) in [6, 6.07) is 0. The molecule has 1 N–H and O–H groups in total. The quantitative estimate of drug-likeness (QED) is 0.592. The number of hydrogen-bond donors (Lipinski definition) is 1. The van der Waals surface area contributed by atoms with Gasteiger partial charge in [0.05, 0.1) is 6.10 Å². The molecule has 0 aliphatic heterocycles. The normalized spacial score (nSPS) is 27.8. The topological polar surface area (TPSA) is 20.2 Å². The Morgan fingerprint density at radius 3 is 2.88 bits per heavy atom. The summed E-state index contributed by atoms with van der Waals surface area (Å²) < 4.78 is 1.06. The van der Waals surface area contributed by atoms with Crippen molar-refractivity contribution in [3.05, 3.63) is 22.7 Å². The van der Waals surface area contributed by atoms with Gasteiger partial charge in [0, 0.05) is 4.48 Å². The highest BCUT2D eigenvalue weighted by molar-refractivity contribution is 9.11. The van der Waals surface area contributed by atoms with Crippen molar-refractivity contribution >= 4 is 15.9 Å². The van der Waals surface area contributed by atoms with Crippen molar-refractivity contribution in [2.75, 3.05) is 0 Å². The van der Waals surface area contributed by atoms with Crippen LogP contribution in [0.3, 0.4) is 0 Å². The van der Waals surface area contributed by atoms with E-state index in [4.69, 9.17) is 5.11 Å². The van der Waals surface area contributed by atoms with E-state index in [2.05, 4.69) is 15.9 Å². The standard InChI is InChI=1S/C6H7BrO/c7-5-1-3-6(8)4-2-5/h1-3,6,8H,4H2/t6-/m1/s1. The van der Waals surface area contributed by atoms with E-state index in [9.17, 15) is 0 Å². The number of hydrogen-bond acceptors (Lipinski definition) is 1. The highest BCUT2D eigenvalue weighted by Gasteiger charge is 2.00. The van der Waals surface area contributed by atoms with Crippen LogP contribution in [0.2, 0.25) is 0 Å². The molecule has 0 aromatic carbocycles. The summed E-state index contributed by atoms with van der Waals surface area (Å²) in [4.78, 5) is 0. The zero-order valence-corrected chi connectivity index (χ0v) is 5.93. The fraction of sp³-hybridized carbons (Fsp3) is 0.333. The molecular formula is C6H7BrO. The summed E-state index contributed by atoms with van der Waals surface area (Å²) in [6.07, 6.45) is 6.04. The Morgan fingerprint density at radius 1 is 1.75 bits per heavy atom. The van der Waals surface area contributed by atoms with Crippen molar-refractivity contribution in [1.29, 1.82) is 0 Å². The molecule has 0 aromatic heterocycles. The van der Waals surface area contributed by atoms with E-state index < -0.39 is 0 Å². The molecule has 0 aromatic rings. The van der Waals surface area contributed by atoms with Crippen LogP contribution >= 0.6 is 15.9 Å². The molecule has 8 heavy (non-hydrogen) atoms. The lowest BCUT2D eigenvalue weighted by atomic mass is 10.1. The van der Waals surface area contributed by atoms with E-state index in [1.165, 1.54) is 0 Å². The molecule has 0 bridgehead atoms. The molecule has 1 aliphatic rings. The molecule has 0 unspecified atom stereocenters. The Bertz CT molecular complexity index is 137. The largest absolute Gasteiger partial charge is 0.389 e. The van der Waals surface area contributed by atoms with Gasteiger partial charge in [0.2, 0.25) is 0 Å². The average Bonchev–Trinajstić information content (AvgIpc) is 1.77. The third-order valence-corrected chi connectivity index (χ3v) is 1.62. The number of aliphatic hydroxyl groups is 1. The van der Waals surface area contributed by atoms with Gasteiger partial charge in [-0.3, -0.25) is 0 Å². The summed E-state index contributed by atoms with van der Waals surface area (Å²) in [7, 11) is 0. The lowest BCUT2D eigenvalue weighted by molar-refractivity contribution is 0.225. The molecule has 0 radical (unpaired) electrons. The van der Waals surface area contributed by atoms with Gasteiger partial charge in [-0.25, -0.2) is 0 Å². The van der Waals surface area contributed by atoms with Crippen LogP contribution in [0.25, 0.3) is 0 Å². The van der Waals surface area contributed by atoms with E-state index >= 15 is 0 Å². The zero-order valence-electron chi connectivity index (χ0n) is 4.34. The Balaban J connectivity index is 2.58. The molecule has 0 heterocycles. The lowest BCUT2D eigenvalue weighted by Crippen LogP contribution is -2.01. The van der Waals surface area contributed by atoms with Crippen molar-refractivity contribution < 1.29 is 5.11 Å². The van der Waals surface area contributed by atoms with Gasteiger partial charge >= 0.3 is 0 Å². The van der Waals surface area contributed by atoms with Gasteiger partial charge in [-0.2, -0.15) is 0 Å². The van der Waals surface area contributed by atoms with Gasteiger partial charge in [-0.1, -0.05) is 28.1 Å². The highest BCUT2D eigenvalue weighted by atomic mass is 79.9. The molecule has 0 spiro atoms. The summed E-state index contributed by atoms with van der Waals surface area (Å²) >= 11 is 3.28. The van der Waals surface area contributed by atoms with Crippen LogP contribution in [0.5, 0.6) is 0 Å². The van der Waals surface area contributed by atoms with E-state index in [0.29, 0.717) is 0 Å². The molecule has 0 saturated heterocycles. The first kappa shape index (κ1) is 6.05. The van der Waals surface area contributed by atoms with Crippen LogP contribution in [0.4, 0.5) is 0 Å². The van der Waals surface area contributed by atoms with E-state index in [1.54, 1.807) is 6.08 Å². The van der Waals surface area contributed by atoms with Gasteiger partial charge in [0.15, 0.2) is 0 Å². The molecule has 44 valence electrons. The van der Waals surface area contributed by atoms with Gasteiger partial charge in [-0.05, 0) is 12.5 Å². The second-order valence-corrected chi connectivity index (χ2v) is 2.67. The van der Waals surface area contributed by atoms with Gasteiger partial charge < -0.3 is 5.11 Å². The predicted octanol–water partition coefficient (Wildman–Crippen LogP) is 1.59. The smallest absolute Gasteiger partial charge is 0.0759 e. The highest BCUT2D eigenvalue weighted by Crippen LogP contribution is 2.14. The monoisotopic (exact) mass is 174 g/mol. The zero-order chi connectivity index (χ0) is 5.98. The molecule has 1 atom stereocenters. The summed E-state index contributed by atoms with van der Waals surface area (Å²) in [5.74, 6) is 0. The molecule has 1 nitrogen and oxygen atoms in total. The van der Waals surface area contributed by atoms with Crippen LogP contribution in [0.1, 0.15) is 6.42 Å². The fourth-order valence-electron chi connectivity index (χ4n) is 0.583. The summed E-state index contributed by atoms with van der Waals surface area (Å²) in [5, 5.41) is 8.87. The number of allylic oxidation sites excluding steroid dienone is 2. The molecular weight excluding hydrogens is 168 g/mol. The maximum atomic E-state index is 8.87. The van der Waals surface area contributed by atoms with Crippen LogP contribution in [-0.4, -0.2) is 11.2 Å². The van der Waals surface area contributed by atoms with Crippen molar-refractivity contribution in [1.82, 2.24) is 0 Å². The molecule has 0 saturated carbocycles. The molecule has 2 heteroatoms. The maximum Gasteiger partial charge on any atom is 0.0759 e. The molecule has 1 aliphatic carbocycles. The van der Waals surface area contributed by atoms with Crippen LogP contribution in [0, 0.1) is 0 Å². The van der Waals surface area contributed by atoms with E-state index in [0.717, 1.165) is 10.9 Å². The molecule has 0 fully saturated rings. The van der Waals surface area contributed by atoms with Crippen molar-refractivity contribution in [3.63, 3.8) is 0 Å².